The Kier molecular flexibility index (Phi) is 13.8. The lowest BCUT2D eigenvalue weighted by Gasteiger charge is -2.28. The Morgan fingerprint density at radius 3 is 1.67 bits per heavy atom. The van der Waals surface area contributed by atoms with E-state index in [0.717, 1.165) is 12.2 Å². The van der Waals surface area contributed by atoms with Crippen LogP contribution in [0.25, 0.3) is 0 Å². The van der Waals surface area contributed by atoms with Crippen LogP contribution < -0.4 is 0 Å². The lowest BCUT2D eigenvalue weighted by atomic mass is 10.6. The molecule has 0 aromatic heterocycles. The van der Waals surface area contributed by atoms with Crippen molar-refractivity contribution < 1.29 is 28.7 Å². The zero-order valence-corrected chi connectivity index (χ0v) is 8.84. The van der Waals surface area contributed by atoms with Crippen molar-refractivity contribution in [1.29, 1.82) is 5.26 Å². The Balaban J connectivity index is -0.000000317. The third-order valence-corrected chi connectivity index (χ3v) is 1.26. The highest BCUT2D eigenvalue weighted by atomic mass is 16.5. The molecule has 0 atom stereocenters. The van der Waals surface area contributed by atoms with Crippen LogP contribution in [0.4, 0.5) is 9.59 Å². The molecule has 4 amide bonds. The van der Waals surface area contributed by atoms with E-state index in [4.69, 9.17) is 5.26 Å². The molecule has 1 rings (SSSR count). The number of carbonyl (C=O) groups excluding carboxylic acids is 5. The lowest BCUT2D eigenvalue weighted by molar-refractivity contribution is 0.108. The van der Waals surface area contributed by atoms with Gasteiger partial charge in [0.15, 0.2) is 0 Å². The van der Waals surface area contributed by atoms with E-state index in [-0.39, 0.29) is 31.6 Å². The van der Waals surface area contributed by atoms with Crippen molar-refractivity contribution in [1.82, 2.24) is 10.0 Å². The summed E-state index contributed by atoms with van der Waals surface area (Å²) >= 11 is 0. The molecule has 0 unspecified atom stereocenters. The second kappa shape index (κ2) is 12.8. The number of urea groups is 2. The molecule has 1 aliphatic heterocycles. The van der Waals surface area contributed by atoms with Gasteiger partial charge in [0.2, 0.25) is 12.8 Å². The molecule has 0 saturated carbocycles. The maximum atomic E-state index is 10.6. The predicted molar refractivity (Wildman–Crippen MR) is 63.9 cm³/mol. The number of hydrogen-bond acceptors (Lipinski definition) is 10. The average Bonchev–Trinajstić information content (AvgIpc) is 2.43. The summed E-state index contributed by atoms with van der Waals surface area (Å²) in [5.74, 6) is 0. The van der Waals surface area contributed by atoms with Crippen LogP contribution in [0.15, 0.2) is 15.2 Å². The average molecular weight is 298 g/mol. The second-order valence-corrected chi connectivity index (χ2v) is 2.19. The number of imide groups is 2. The molecule has 0 aromatic carbocycles. The van der Waals surface area contributed by atoms with E-state index in [2.05, 4.69) is 19.9 Å². The van der Waals surface area contributed by atoms with Gasteiger partial charge in [0.1, 0.15) is 0 Å². The van der Waals surface area contributed by atoms with Crippen LogP contribution in [-0.4, -0.2) is 47.1 Å². The zero-order valence-electron chi connectivity index (χ0n) is 8.84. The summed E-state index contributed by atoms with van der Waals surface area (Å²) in [6.45, 7) is -0.222. The van der Waals surface area contributed by atoms with Gasteiger partial charge in [-0.15, -0.1) is 10.0 Å². The van der Waals surface area contributed by atoms with Crippen LogP contribution in [0, 0.1) is 11.5 Å². The van der Waals surface area contributed by atoms with Crippen molar-refractivity contribution in [2.75, 3.05) is 6.73 Å². The summed E-state index contributed by atoms with van der Waals surface area (Å²) in [4.78, 5) is 52.6. The van der Waals surface area contributed by atoms with Crippen molar-refractivity contribution >= 4 is 30.3 Å². The fourth-order valence-corrected chi connectivity index (χ4v) is 0.639. The molecule has 0 radical (unpaired) electrons. The molecule has 0 N–H and O–H groups in total. The minimum atomic E-state index is -0.994. The number of nitriles is 1. The molecule has 1 fully saturated rings. The molecular formula is C9H10N6O6. The molecule has 0 aliphatic carbocycles. The quantitative estimate of drug-likeness (QED) is 0.313. The number of ether oxygens (including phenoxy) is 1. The van der Waals surface area contributed by atoms with Crippen LogP contribution in [-0.2, 0) is 19.1 Å². The number of amides is 4. The Hall–Kier alpha value is -3.63. The summed E-state index contributed by atoms with van der Waals surface area (Å²) in [6.07, 6.45) is 4.50. The Labute approximate surface area is 118 Å². The molecule has 1 heterocycles. The number of carbonyl (C=O) groups is 2. The van der Waals surface area contributed by atoms with Gasteiger partial charge in [0, 0.05) is 0 Å². The van der Waals surface area contributed by atoms with Gasteiger partial charge in [-0.3, -0.25) is 0 Å². The van der Waals surface area contributed by atoms with Crippen molar-refractivity contribution in [3.63, 3.8) is 0 Å². The summed E-state index contributed by atoms with van der Waals surface area (Å²) < 4.78 is 3.95. The number of hydrazone groups is 2. The molecule has 12 heteroatoms. The third kappa shape index (κ3) is 6.76. The Bertz CT molecular complexity index is 504. The molecule has 0 bridgehead atoms. The van der Waals surface area contributed by atoms with Crippen LogP contribution in [0.2, 0.25) is 0 Å². The van der Waals surface area contributed by atoms with Crippen molar-refractivity contribution in [3.8, 4) is 6.26 Å². The standard InChI is InChI=1S/C4N4O4.C3H2N2O2.2CH4/c9-1-5-7-3(11)8(4(7)12)6-2-10;4-1-7-3-5-2-6;;/h;3H2;2*1H4. The fraction of sp³-hybridized carbons (Fsp3) is 0.333. The van der Waals surface area contributed by atoms with E-state index in [9.17, 15) is 24.0 Å². The maximum Gasteiger partial charge on any atom is 0.380 e. The SMILES string of the molecule is C.C.N#COCN=C=O.O=C=NN1C(=O)N(N=C=O)C1=O. The normalized spacial score (nSPS) is 10.2. The first-order valence-corrected chi connectivity index (χ1v) is 4.02. The van der Waals surface area contributed by atoms with Crippen LogP contribution >= 0.6 is 0 Å². The summed E-state index contributed by atoms with van der Waals surface area (Å²) in [5.41, 5.74) is 0. The third-order valence-electron chi connectivity index (χ3n) is 1.26. The Morgan fingerprint density at radius 1 is 0.952 bits per heavy atom. The van der Waals surface area contributed by atoms with Crippen molar-refractivity contribution in [2.24, 2.45) is 15.2 Å². The topological polar surface area (TPSA) is 162 Å². The summed E-state index contributed by atoms with van der Waals surface area (Å²) in [5, 5.41) is 13.5. The van der Waals surface area contributed by atoms with Crippen molar-refractivity contribution in [2.45, 2.75) is 14.9 Å². The minimum absolute atomic E-state index is 0. The first-order chi connectivity index (χ1) is 9.13. The number of rotatable bonds is 4. The highest BCUT2D eigenvalue weighted by molar-refractivity contribution is 6.11. The highest BCUT2D eigenvalue weighted by Crippen LogP contribution is 2.15. The van der Waals surface area contributed by atoms with E-state index < -0.39 is 12.1 Å². The predicted octanol–water partition coefficient (Wildman–Crippen LogP) is 0.395. The molecule has 1 saturated heterocycles. The van der Waals surface area contributed by atoms with E-state index in [1.54, 1.807) is 0 Å². The van der Waals surface area contributed by atoms with E-state index in [1.807, 2.05) is 0 Å². The number of aliphatic imine (C=N–C) groups is 1. The monoisotopic (exact) mass is 298 g/mol. The van der Waals surface area contributed by atoms with E-state index >= 15 is 0 Å². The van der Waals surface area contributed by atoms with Gasteiger partial charge in [-0.2, -0.15) is 10.3 Å². The van der Waals surface area contributed by atoms with Gasteiger partial charge in [-0.05, 0) is 0 Å². The van der Waals surface area contributed by atoms with Gasteiger partial charge >= 0.3 is 12.1 Å². The molecule has 0 spiro atoms. The molecule has 0 aromatic rings. The molecule has 12 nitrogen and oxygen atoms in total. The first kappa shape index (κ1) is 22.5. The van der Waals surface area contributed by atoms with Gasteiger partial charge in [0.25, 0.3) is 18.4 Å². The lowest BCUT2D eigenvalue weighted by Crippen LogP contribution is -2.58. The summed E-state index contributed by atoms with van der Waals surface area (Å²) in [6, 6.07) is -1.99. The van der Waals surface area contributed by atoms with Gasteiger partial charge in [-0.1, -0.05) is 25.1 Å². The van der Waals surface area contributed by atoms with Crippen LogP contribution in [0.1, 0.15) is 14.9 Å². The second-order valence-electron chi connectivity index (χ2n) is 2.19. The smallest absolute Gasteiger partial charge is 0.380 e. The molecule has 21 heavy (non-hydrogen) atoms. The van der Waals surface area contributed by atoms with Crippen LogP contribution in [0.5, 0.6) is 0 Å². The fourth-order valence-electron chi connectivity index (χ4n) is 0.639. The van der Waals surface area contributed by atoms with E-state index in [1.165, 1.54) is 12.3 Å². The summed E-state index contributed by atoms with van der Waals surface area (Å²) in [7, 11) is 0. The molecule has 112 valence electrons. The number of isocyanates is 3. The molecule has 1 aliphatic rings. The zero-order chi connectivity index (χ0) is 14.7. The number of hydrogen-bond donors (Lipinski definition) is 0. The maximum absolute atomic E-state index is 10.6. The van der Waals surface area contributed by atoms with Gasteiger partial charge < -0.3 is 4.74 Å². The van der Waals surface area contributed by atoms with Gasteiger partial charge in [0.05, 0.1) is 0 Å². The largest absolute Gasteiger partial charge is 0.403 e. The first-order valence-electron chi connectivity index (χ1n) is 4.02. The number of nitrogens with zero attached hydrogens (tertiary/aromatic N) is 6. The highest BCUT2D eigenvalue weighted by Gasteiger charge is 2.45. The van der Waals surface area contributed by atoms with Crippen LogP contribution in [0.3, 0.4) is 0 Å². The van der Waals surface area contributed by atoms with Crippen molar-refractivity contribution in [3.05, 3.63) is 0 Å². The van der Waals surface area contributed by atoms with E-state index in [0.29, 0.717) is 0 Å². The Morgan fingerprint density at radius 2 is 1.38 bits per heavy atom. The minimum Gasteiger partial charge on any atom is -0.403 e. The molecular weight excluding hydrogens is 288 g/mol. The van der Waals surface area contributed by atoms with Gasteiger partial charge in [-0.25, -0.2) is 24.0 Å².